The van der Waals surface area contributed by atoms with Gasteiger partial charge in [-0.2, -0.15) is 0 Å². The van der Waals surface area contributed by atoms with Crippen LogP contribution in [0.25, 0.3) is 0 Å². The Bertz CT molecular complexity index is 432. The molecule has 4 heteroatoms. The molecule has 1 atom stereocenters. The Balaban J connectivity index is 2.58. The number of carbonyl (C=O) groups is 1. The third-order valence-corrected chi connectivity index (χ3v) is 3.18. The minimum atomic E-state index is -0.0760. The summed E-state index contributed by atoms with van der Waals surface area (Å²) in [6.45, 7) is 6.71. The first-order valence-electron chi connectivity index (χ1n) is 7.29. The lowest BCUT2D eigenvalue weighted by atomic mass is 10.1. The Morgan fingerprint density at radius 2 is 2.20 bits per heavy atom. The monoisotopic (exact) mass is 278 g/mol. The van der Waals surface area contributed by atoms with E-state index in [2.05, 4.69) is 12.2 Å². The molecule has 0 spiro atoms. The van der Waals surface area contributed by atoms with Crippen LogP contribution in [0.3, 0.4) is 0 Å². The third-order valence-electron chi connectivity index (χ3n) is 3.18. The summed E-state index contributed by atoms with van der Waals surface area (Å²) in [5.41, 5.74) is 7.69. The molecule has 3 N–H and O–H groups in total. The highest BCUT2D eigenvalue weighted by Crippen LogP contribution is 2.23. The van der Waals surface area contributed by atoms with Crippen LogP contribution in [-0.4, -0.2) is 25.1 Å². The lowest BCUT2D eigenvalue weighted by Gasteiger charge is -2.16. The molecule has 1 unspecified atom stereocenters. The van der Waals surface area contributed by atoms with E-state index in [0.29, 0.717) is 6.54 Å². The summed E-state index contributed by atoms with van der Waals surface area (Å²) >= 11 is 0. The molecule has 20 heavy (non-hydrogen) atoms. The third kappa shape index (κ3) is 5.21. The zero-order chi connectivity index (χ0) is 15.0. The van der Waals surface area contributed by atoms with Crippen LogP contribution >= 0.6 is 0 Å². The molecule has 0 heterocycles. The zero-order valence-electron chi connectivity index (χ0n) is 12.7. The van der Waals surface area contributed by atoms with Gasteiger partial charge in [0.05, 0.1) is 0 Å². The zero-order valence-corrected chi connectivity index (χ0v) is 12.7. The number of carbonyl (C=O) groups excluding carboxylic acids is 1. The van der Waals surface area contributed by atoms with Crippen LogP contribution in [-0.2, 0) is 11.2 Å². The van der Waals surface area contributed by atoms with Crippen molar-refractivity contribution in [2.24, 2.45) is 5.73 Å². The topological polar surface area (TPSA) is 64.3 Å². The highest BCUT2D eigenvalue weighted by atomic mass is 16.5. The molecular weight excluding hydrogens is 252 g/mol. The van der Waals surface area contributed by atoms with Gasteiger partial charge in [0.1, 0.15) is 5.75 Å². The van der Waals surface area contributed by atoms with Crippen molar-refractivity contribution in [2.45, 2.75) is 46.1 Å². The normalized spacial score (nSPS) is 12.0. The average molecular weight is 278 g/mol. The number of rotatable bonds is 8. The van der Waals surface area contributed by atoms with Crippen molar-refractivity contribution in [1.29, 1.82) is 0 Å². The van der Waals surface area contributed by atoms with E-state index in [-0.39, 0.29) is 18.6 Å². The van der Waals surface area contributed by atoms with E-state index >= 15 is 0 Å². The van der Waals surface area contributed by atoms with E-state index in [0.717, 1.165) is 36.1 Å². The summed E-state index contributed by atoms with van der Waals surface area (Å²) in [5.74, 6) is 0.712. The lowest BCUT2D eigenvalue weighted by molar-refractivity contribution is -0.123. The van der Waals surface area contributed by atoms with Crippen molar-refractivity contribution < 1.29 is 9.53 Å². The number of aryl methyl sites for hydroxylation is 1. The second-order valence-electron chi connectivity index (χ2n) is 5.15. The number of para-hydroxylation sites is 1. The SMILES string of the molecule is CCCC(C)NC(=O)COc1c(C)cccc1CCN. The van der Waals surface area contributed by atoms with Crippen LogP contribution in [0.4, 0.5) is 0 Å². The van der Waals surface area contributed by atoms with Gasteiger partial charge < -0.3 is 15.8 Å². The molecule has 0 aliphatic heterocycles. The molecule has 1 aromatic rings. The van der Waals surface area contributed by atoms with Crippen LogP contribution in [0.1, 0.15) is 37.8 Å². The first-order chi connectivity index (χ1) is 9.58. The lowest BCUT2D eigenvalue weighted by Crippen LogP contribution is -2.36. The molecule has 0 aliphatic rings. The molecule has 112 valence electrons. The molecular formula is C16H26N2O2. The number of hydrogen-bond donors (Lipinski definition) is 2. The standard InChI is InChI=1S/C16H26N2O2/c1-4-6-13(3)18-15(19)11-20-16-12(2)7-5-8-14(16)9-10-17/h5,7-8,13H,4,6,9-11,17H2,1-3H3,(H,18,19). The van der Waals surface area contributed by atoms with Crippen molar-refractivity contribution >= 4 is 5.91 Å². The fourth-order valence-corrected chi connectivity index (χ4v) is 2.23. The quantitative estimate of drug-likeness (QED) is 0.766. The summed E-state index contributed by atoms with van der Waals surface area (Å²) < 4.78 is 5.69. The Morgan fingerprint density at radius 3 is 2.85 bits per heavy atom. The van der Waals surface area contributed by atoms with Gasteiger partial charge in [-0.15, -0.1) is 0 Å². The smallest absolute Gasteiger partial charge is 0.258 e. The molecule has 0 fully saturated rings. The maximum absolute atomic E-state index is 11.8. The van der Waals surface area contributed by atoms with Gasteiger partial charge in [-0.05, 0) is 44.4 Å². The van der Waals surface area contributed by atoms with E-state index in [1.807, 2.05) is 32.0 Å². The summed E-state index contributed by atoms with van der Waals surface area (Å²) in [5, 5.41) is 2.93. The van der Waals surface area contributed by atoms with E-state index in [9.17, 15) is 4.79 Å². The van der Waals surface area contributed by atoms with Gasteiger partial charge in [0.15, 0.2) is 6.61 Å². The Kier molecular flexibility index (Phi) is 7.09. The van der Waals surface area contributed by atoms with Crippen LogP contribution in [0.15, 0.2) is 18.2 Å². The van der Waals surface area contributed by atoms with Crippen LogP contribution in [0.2, 0.25) is 0 Å². The van der Waals surface area contributed by atoms with Gasteiger partial charge in [-0.25, -0.2) is 0 Å². The van der Waals surface area contributed by atoms with E-state index < -0.39 is 0 Å². The first-order valence-corrected chi connectivity index (χ1v) is 7.29. The molecule has 0 saturated heterocycles. The van der Waals surface area contributed by atoms with Crippen molar-refractivity contribution in [2.75, 3.05) is 13.2 Å². The fourth-order valence-electron chi connectivity index (χ4n) is 2.23. The summed E-state index contributed by atoms with van der Waals surface area (Å²) in [6.07, 6.45) is 2.79. The average Bonchev–Trinajstić information content (AvgIpc) is 2.38. The highest BCUT2D eigenvalue weighted by molar-refractivity contribution is 5.77. The maximum atomic E-state index is 11.8. The molecule has 1 aromatic carbocycles. The fraction of sp³-hybridized carbons (Fsp3) is 0.562. The van der Waals surface area contributed by atoms with Crippen molar-refractivity contribution in [3.8, 4) is 5.75 Å². The number of amides is 1. The van der Waals surface area contributed by atoms with Crippen molar-refractivity contribution in [3.63, 3.8) is 0 Å². The van der Waals surface area contributed by atoms with Crippen LogP contribution in [0.5, 0.6) is 5.75 Å². The van der Waals surface area contributed by atoms with Crippen molar-refractivity contribution in [3.05, 3.63) is 29.3 Å². The second-order valence-corrected chi connectivity index (χ2v) is 5.15. The molecule has 0 radical (unpaired) electrons. The largest absolute Gasteiger partial charge is 0.483 e. The Labute approximate surface area is 121 Å². The van der Waals surface area contributed by atoms with Gasteiger partial charge in [0.25, 0.3) is 5.91 Å². The van der Waals surface area contributed by atoms with Gasteiger partial charge in [-0.1, -0.05) is 31.5 Å². The highest BCUT2D eigenvalue weighted by Gasteiger charge is 2.10. The van der Waals surface area contributed by atoms with E-state index in [1.54, 1.807) is 0 Å². The predicted octanol–water partition coefficient (Wildman–Crippen LogP) is 2.18. The van der Waals surface area contributed by atoms with E-state index in [4.69, 9.17) is 10.5 Å². The molecule has 1 amide bonds. The minimum absolute atomic E-state index is 0.0521. The van der Waals surface area contributed by atoms with E-state index in [1.165, 1.54) is 0 Å². The van der Waals surface area contributed by atoms with Gasteiger partial charge in [-0.3, -0.25) is 4.79 Å². The van der Waals surface area contributed by atoms with Gasteiger partial charge in [0, 0.05) is 6.04 Å². The molecule has 4 nitrogen and oxygen atoms in total. The van der Waals surface area contributed by atoms with Crippen molar-refractivity contribution in [1.82, 2.24) is 5.32 Å². The summed E-state index contributed by atoms with van der Waals surface area (Å²) in [7, 11) is 0. The molecule has 1 rings (SSSR count). The van der Waals surface area contributed by atoms with Crippen LogP contribution in [0, 0.1) is 6.92 Å². The number of nitrogens with two attached hydrogens (primary N) is 1. The van der Waals surface area contributed by atoms with Gasteiger partial charge >= 0.3 is 0 Å². The molecule has 0 aromatic heterocycles. The number of nitrogens with one attached hydrogen (secondary N) is 1. The number of ether oxygens (including phenoxy) is 1. The minimum Gasteiger partial charge on any atom is -0.483 e. The molecule has 0 bridgehead atoms. The second kappa shape index (κ2) is 8.59. The number of hydrogen-bond acceptors (Lipinski definition) is 3. The van der Waals surface area contributed by atoms with Gasteiger partial charge in [0.2, 0.25) is 0 Å². The summed E-state index contributed by atoms with van der Waals surface area (Å²) in [6, 6.07) is 6.15. The Morgan fingerprint density at radius 1 is 1.45 bits per heavy atom. The maximum Gasteiger partial charge on any atom is 0.258 e. The first kappa shape index (κ1) is 16.5. The molecule has 0 saturated carbocycles. The number of benzene rings is 1. The molecule has 0 aliphatic carbocycles. The Hall–Kier alpha value is -1.55. The van der Waals surface area contributed by atoms with Crippen LogP contribution < -0.4 is 15.8 Å². The predicted molar refractivity (Wildman–Crippen MR) is 81.9 cm³/mol. The summed E-state index contributed by atoms with van der Waals surface area (Å²) in [4.78, 5) is 11.8.